The number of hydrogen-bond acceptors (Lipinski definition) is 8. The molecule has 4 rings (SSSR count). The molecule has 2 aromatic rings. The van der Waals surface area contributed by atoms with Crippen LogP contribution in [0, 0.1) is 0 Å². The number of aliphatic imine (C=N–C) groups is 1. The van der Waals surface area contributed by atoms with Crippen molar-refractivity contribution in [1.82, 2.24) is 10.2 Å². The van der Waals surface area contributed by atoms with E-state index in [1.54, 1.807) is 30.2 Å². The Morgan fingerprint density at radius 2 is 1.91 bits per heavy atom. The van der Waals surface area contributed by atoms with Gasteiger partial charge in [0.15, 0.2) is 23.3 Å². The number of rotatable bonds is 8. The minimum atomic E-state index is -0.225. The molecule has 2 fully saturated rings. The van der Waals surface area contributed by atoms with Gasteiger partial charge in [-0.25, -0.2) is 4.99 Å². The smallest absolute Gasteiger partial charge is 0.264 e. The molecule has 2 aromatic carbocycles. The van der Waals surface area contributed by atoms with Crippen molar-refractivity contribution in [2.45, 2.75) is 6.92 Å². The minimum absolute atomic E-state index is 0.0794. The van der Waals surface area contributed by atoms with Crippen LogP contribution in [0.5, 0.6) is 17.2 Å². The maximum atomic E-state index is 12.5. The second kappa shape index (κ2) is 11.8. The number of benzene rings is 2. The topological polar surface area (TPSA) is 98.7 Å². The van der Waals surface area contributed by atoms with E-state index in [1.807, 2.05) is 37.3 Å². The molecule has 184 valence electrons. The molecular weight excluding hydrogens is 470 g/mol. The van der Waals surface area contributed by atoms with E-state index in [2.05, 4.69) is 10.3 Å². The molecule has 2 heterocycles. The SMILES string of the molecule is CCOc1cc(/C=C2/SC(=Nc3ccc(OC)cc3)NC2=O)ccc1OCC(=O)N1CCOCC1. The lowest BCUT2D eigenvalue weighted by Crippen LogP contribution is -2.43. The number of morpholine rings is 1. The average molecular weight is 498 g/mol. The Morgan fingerprint density at radius 1 is 1.14 bits per heavy atom. The number of amides is 2. The molecule has 0 radical (unpaired) electrons. The molecule has 9 nitrogen and oxygen atoms in total. The highest BCUT2D eigenvalue weighted by Gasteiger charge is 2.24. The number of hydrogen-bond donors (Lipinski definition) is 1. The largest absolute Gasteiger partial charge is 0.497 e. The molecule has 0 aliphatic carbocycles. The summed E-state index contributed by atoms with van der Waals surface area (Å²) in [6, 6.07) is 12.6. The second-order valence-electron chi connectivity index (χ2n) is 7.60. The first-order valence-corrected chi connectivity index (χ1v) is 12.1. The number of nitrogens with zero attached hydrogens (tertiary/aromatic N) is 2. The maximum absolute atomic E-state index is 12.5. The zero-order valence-electron chi connectivity index (χ0n) is 19.6. The highest BCUT2D eigenvalue weighted by Crippen LogP contribution is 2.32. The van der Waals surface area contributed by atoms with E-state index in [0.717, 1.165) is 11.3 Å². The fraction of sp³-hybridized carbons (Fsp3) is 0.320. The fourth-order valence-corrected chi connectivity index (χ4v) is 4.29. The van der Waals surface area contributed by atoms with Crippen molar-refractivity contribution in [1.29, 1.82) is 0 Å². The number of thioether (sulfide) groups is 1. The third-order valence-electron chi connectivity index (χ3n) is 5.23. The Morgan fingerprint density at radius 3 is 2.63 bits per heavy atom. The van der Waals surface area contributed by atoms with Gasteiger partial charge in [0.2, 0.25) is 0 Å². The van der Waals surface area contributed by atoms with Crippen molar-refractivity contribution in [2.75, 3.05) is 46.6 Å². The monoisotopic (exact) mass is 497 g/mol. The van der Waals surface area contributed by atoms with Crippen molar-refractivity contribution in [3.8, 4) is 17.2 Å². The summed E-state index contributed by atoms with van der Waals surface area (Å²) in [5, 5.41) is 3.28. The lowest BCUT2D eigenvalue weighted by atomic mass is 10.2. The summed E-state index contributed by atoms with van der Waals surface area (Å²) in [7, 11) is 1.60. The van der Waals surface area contributed by atoms with Gasteiger partial charge in [-0.2, -0.15) is 0 Å². The first-order valence-electron chi connectivity index (χ1n) is 11.2. The molecule has 0 unspecified atom stereocenters. The highest BCUT2D eigenvalue weighted by atomic mass is 32.2. The summed E-state index contributed by atoms with van der Waals surface area (Å²) in [5.74, 6) is 1.40. The molecule has 1 N–H and O–H groups in total. The van der Waals surface area contributed by atoms with Crippen LogP contribution in [0.4, 0.5) is 5.69 Å². The molecule has 0 bridgehead atoms. The van der Waals surface area contributed by atoms with Crippen LogP contribution in [0.25, 0.3) is 6.08 Å². The van der Waals surface area contributed by atoms with Crippen molar-refractivity contribution in [2.24, 2.45) is 4.99 Å². The Labute approximate surface area is 208 Å². The lowest BCUT2D eigenvalue weighted by molar-refractivity contribution is -0.137. The summed E-state index contributed by atoms with van der Waals surface area (Å²) >= 11 is 1.26. The zero-order valence-corrected chi connectivity index (χ0v) is 20.4. The van der Waals surface area contributed by atoms with E-state index in [9.17, 15) is 9.59 Å². The van der Waals surface area contributed by atoms with Crippen LogP contribution < -0.4 is 19.5 Å². The molecule has 10 heteroatoms. The van der Waals surface area contributed by atoms with Gasteiger partial charge in [-0.15, -0.1) is 0 Å². The standard InChI is InChI=1S/C25H27N3O6S/c1-3-33-21-14-17(4-9-20(21)34-16-23(29)28-10-12-32-13-11-28)15-22-24(30)27-25(35-22)26-18-5-7-19(31-2)8-6-18/h4-9,14-15H,3,10-13,16H2,1-2H3,(H,26,27,30)/b22-15+. The van der Waals surface area contributed by atoms with Gasteiger partial charge in [-0.1, -0.05) is 6.07 Å². The summed E-state index contributed by atoms with van der Waals surface area (Å²) in [4.78, 5) is 31.6. The number of carbonyl (C=O) groups is 2. The molecule has 0 saturated carbocycles. The number of methoxy groups -OCH3 is 1. The Balaban J connectivity index is 1.44. The van der Waals surface area contributed by atoms with Crippen LogP contribution >= 0.6 is 11.8 Å². The van der Waals surface area contributed by atoms with Crippen LogP contribution in [-0.4, -0.2) is 68.5 Å². The highest BCUT2D eigenvalue weighted by molar-refractivity contribution is 8.18. The van der Waals surface area contributed by atoms with Crippen molar-refractivity contribution in [3.63, 3.8) is 0 Å². The van der Waals surface area contributed by atoms with E-state index in [4.69, 9.17) is 18.9 Å². The predicted molar refractivity (Wildman–Crippen MR) is 134 cm³/mol. The summed E-state index contributed by atoms with van der Waals surface area (Å²) in [5.41, 5.74) is 1.48. The van der Waals surface area contributed by atoms with Gasteiger partial charge in [0.25, 0.3) is 11.8 Å². The minimum Gasteiger partial charge on any atom is -0.497 e. The van der Waals surface area contributed by atoms with Gasteiger partial charge in [-0.05, 0) is 66.7 Å². The number of nitrogens with one attached hydrogen (secondary N) is 1. The van der Waals surface area contributed by atoms with Gasteiger partial charge in [0.05, 0.1) is 37.5 Å². The van der Waals surface area contributed by atoms with Crippen LogP contribution in [-0.2, 0) is 14.3 Å². The molecule has 2 aliphatic heterocycles. The van der Waals surface area contributed by atoms with Crippen molar-refractivity contribution >= 4 is 40.5 Å². The van der Waals surface area contributed by atoms with E-state index in [1.165, 1.54) is 11.8 Å². The number of carbonyl (C=O) groups excluding carboxylic acids is 2. The molecule has 0 aromatic heterocycles. The van der Waals surface area contributed by atoms with Crippen molar-refractivity contribution < 1.29 is 28.5 Å². The molecular formula is C25H27N3O6S. The van der Waals surface area contributed by atoms with Crippen molar-refractivity contribution in [3.05, 3.63) is 52.9 Å². The maximum Gasteiger partial charge on any atom is 0.264 e. The second-order valence-corrected chi connectivity index (χ2v) is 8.63. The molecule has 0 spiro atoms. The first kappa shape index (κ1) is 24.6. The molecule has 2 saturated heterocycles. The van der Waals surface area contributed by atoms with Crippen LogP contribution in [0.1, 0.15) is 12.5 Å². The fourth-order valence-electron chi connectivity index (χ4n) is 3.45. The zero-order chi connectivity index (χ0) is 24.6. The first-order chi connectivity index (χ1) is 17.1. The molecule has 0 atom stereocenters. The Kier molecular flexibility index (Phi) is 8.27. The van der Waals surface area contributed by atoms with E-state index < -0.39 is 0 Å². The lowest BCUT2D eigenvalue weighted by Gasteiger charge is -2.26. The normalized spacial score (nSPS) is 18.0. The van der Waals surface area contributed by atoms with Gasteiger partial charge >= 0.3 is 0 Å². The van der Waals surface area contributed by atoms with Gasteiger partial charge in [-0.3, -0.25) is 9.59 Å². The van der Waals surface area contributed by atoms with E-state index in [-0.39, 0.29) is 18.4 Å². The molecule has 35 heavy (non-hydrogen) atoms. The third kappa shape index (κ3) is 6.55. The van der Waals surface area contributed by atoms with Crippen LogP contribution in [0.2, 0.25) is 0 Å². The van der Waals surface area contributed by atoms with Gasteiger partial charge < -0.3 is 29.2 Å². The summed E-state index contributed by atoms with van der Waals surface area (Å²) in [6.07, 6.45) is 1.77. The summed E-state index contributed by atoms with van der Waals surface area (Å²) in [6.45, 7) is 4.43. The Hall–Kier alpha value is -3.50. The van der Waals surface area contributed by atoms with E-state index in [0.29, 0.717) is 60.2 Å². The Bertz CT molecular complexity index is 1130. The summed E-state index contributed by atoms with van der Waals surface area (Å²) < 4.78 is 21.9. The molecule has 2 aliphatic rings. The van der Waals surface area contributed by atoms with Crippen LogP contribution in [0.3, 0.4) is 0 Å². The van der Waals surface area contributed by atoms with Gasteiger partial charge in [0, 0.05) is 13.1 Å². The third-order valence-corrected chi connectivity index (χ3v) is 6.14. The van der Waals surface area contributed by atoms with Gasteiger partial charge in [0.1, 0.15) is 5.75 Å². The van der Waals surface area contributed by atoms with Crippen LogP contribution in [0.15, 0.2) is 52.4 Å². The molecule has 2 amide bonds. The predicted octanol–water partition coefficient (Wildman–Crippen LogP) is 3.22. The number of amidine groups is 1. The van der Waals surface area contributed by atoms with E-state index >= 15 is 0 Å². The average Bonchev–Trinajstić information content (AvgIpc) is 3.22. The quantitative estimate of drug-likeness (QED) is 0.559. The number of ether oxygens (including phenoxy) is 4.